The van der Waals surface area contributed by atoms with Gasteiger partial charge < -0.3 is 5.73 Å². The van der Waals surface area contributed by atoms with Gasteiger partial charge in [0.25, 0.3) is 10.2 Å². The van der Waals surface area contributed by atoms with Gasteiger partial charge in [-0.25, -0.2) is 4.72 Å². The molecule has 0 aromatic carbocycles. The zero-order valence-electron chi connectivity index (χ0n) is 9.11. The molecule has 1 fully saturated rings. The van der Waals surface area contributed by atoms with Crippen LogP contribution in [0.1, 0.15) is 32.1 Å². The standard InChI is InChI=1S/C9H21N3O2S/c10-6-2-1-3-7-11-15(13,14)12-8-4-5-9-12/h11H,1-10H2. The topological polar surface area (TPSA) is 75.4 Å². The van der Waals surface area contributed by atoms with E-state index in [1.807, 2.05) is 0 Å². The Hall–Kier alpha value is -0.170. The van der Waals surface area contributed by atoms with Gasteiger partial charge in [0.1, 0.15) is 0 Å². The van der Waals surface area contributed by atoms with E-state index in [0.717, 1.165) is 32.1 Å². The predicted molar refractivity (Wildman–Crippen MR) is 60.6 cm³/mol. The fourth-order valence-electron chi connectivity index (χ4n) is 1.67. The summed E-state index contributed by atoms with van der Waals surface area (Å²) in [5, 5.41) is 0. The van der Waals surface area contributed by atoms with Gasteiger partial charge in [0.2, 0.25) is 0 Å². The van der Waals surface area contributed by atoms with E-state index in [2.05, 4.69) is 4.72 Å². The van der Waals surface area contributed by atoms with E-state index in [1.54, 1.807) is 0 Å². The molecule has 0 aromatic rings. The summed E-state index contributed by atoms with van der Waals surface area (Å²) >= 11 is 0. The zero-order valence-corrected chi connectivity index (χ0v) is 9.93. The van der Waals surface area contributed by atoms with Crippen LogP contribution in [0.25, 0.3) is 0 Å². The molecule has 0 unspecified atom stereocenters. The maximum absolute atomic E-state index is 11.7. The molecule has 1 aliphatic heterocycles. The minimum Gasteiger partial charge on any atom is -0.330 e. The molecular weight excluding hydrogens is 214 g/mol. The summed E-state index contributed by atoms with van der Waals surface area (Å²) in [5.41, 5.74) is 5.35. The Morgan fingerprint density at radius 1 is 1.13 bits per heavy atom. The fourth-order valence-corrected chi connectivity index (χ4v) is 2.99. The van der Waals surface area contributed by atoms with Gasteiger partial charge in [0.15, 0.2) is 0 Å². The maximum atomic E-state index is 11.7. The molecule has 1 heterocycles. The SMILES string of the molecule is NCCCCCNS(=O)(=O)N1CCCC1. The first-order valence-electron chi connectivity index (χ1n) is 5.61. The second-order valence-electron chi connectivity index (χ2n) is 3.85. The van der Waals surface area contributed by atoms with Crippen LogP contribution in [0.2, 0.25) is 0 Å². The normalized spacial score (nSPS) is 18.5. The van der Waals surface area contributed by atoms with Crippen molar-refractivity contribution >= 4 is 10.2 Å². The smallest absolute Gasteiger partial charge is 0.279 e. The molecule has 0 amide bonds. The van der Waals surface area contributed by atoms with Gasteiger partial charge >= 0.3 is 0 Å². The molecular formula is C9H21N3O2S. The third-order valence-corrected chi connectivity index (χ3v) is 4.18. The number of hydrogen-bond acceptors (Lipinski definition) is 3. The molecule has 0 aliphatic carbocycles. The molecule has 0 spiro atoms. The van der Waals surface area contributed by atoms with Gasteiger partial charge in [-0.05, 0) is 32.2 Å². The fraction of sp³-hybridized carbons (Fsp3) is 1.00. The van der Waals surface area contributed by atoms with Gasteiger partial charge in [-0.2, -0.15) is 12.7 Å². The van der Waals surface area contributed by atoms with Crippen molar-refractivity contribution in [1.82, 2.24) is 9.03 Å². The van der Waals surface area contributed by atoms with Crippen molar-refractivity contribution in [3.8, 4) is 0 Å². The van der Waals surface area contributed by atoms with E-state index in [4.69, 9.17) is 5.73 Å². The van der Waals surface area contributed by atoms with Crippen molar-refractivity contribution < 1.29 is 8.42 Å². The molecule has 1 saturated heterocycles. The van der Waals surface area contributed by atoms with Crippen LogP contribution in [0.3, 0.4) is 0 Å². The van der Waals surface area contributed by atoms with Crippen molar-refractivity contribution in [2.75, 3.05) is 26.2 Å². The lowest BCUT2D eigenvalue weighted by Crippen LogP contribution is -2.39. The van der Waals surface area contributed by atoms with Crippen LogP contribution < -0.4 is 10.5 Å². The Bertz CT molecular complexity index is 261. The Kier molecular flexibility index (Phi) is 5.52. The highest BCUT2D eigenvalue weighted by Crippen LogP contribution is 2.11. The van der Waals surface area contributed by atoms with E-state index in [1.165, 1.54) is 4.31 Å². The van der Waals surface area contributed by atoms with Crippen molar-refractivity contribution in [1.29, 1.82) is 0 Å². The Morgan fingerprint density at radius 2 is 1.80 bits per heavy atom. The lowest BCUT2D eigenvalue weighted by Gasteiger charge is -2.15. The summed E-state index contributed by atoms with van der Waals surface area (Å²) in [7, 11) is -3.20. The third-order valence-electron chi connectivity index (χ3n) is 2.57. The largest absolute Gasteiger partial charge is 0.330 e. The predicted octanol–water partition coefficient (Wildman–Crippen LogP) is 0.0456. The maximum Gasteiger partial charge on any atom is 0.279 e. The Labute approximate surface area is 92.2 Å². The lowest BCUT2D eigenvalue weighted by molar-refractivity contribution is 0.463. The Balaban J connectivity index is 2.18. The van der Waals surface area contributed by atoms with Gasteiger partial charge in [-0.15, -0.1) is 0 Å². The van der Waals surface area contributed by atoms with E-state index in [9.17, 15) is 8.42 Å². The number of nitrogens with two attached hydrogens (primary N) is 1. The molecule has 0 aromatic heterocycles. The average molecular weight is 235 g/mol. The van der Waals surface area contributed by atoms with E-state index < -0.39 is 10.2 Å². The second-order valence-corrected chi connectivity index (χ2v) is 5.61. The van der Waals surface area contributed by atoms with E-state index in [0.29, 0.717) is 26.2 Å². The third kappa shape index (κ3) is 4.46. The van der Waals surface area contributed by atoms with Gasteiger partial charge in [-0.1, -0.05) is 6.42 Å². The minimum atomic E-state index is -3.20. The van der Waals surface area contributed by atoms with Crippen molar-refractivity contribution in [2.24, 2.45) is 5.73 Å². The summed E-state index contributed by atoms with van der Waals surface area (Å²) in [6.45, 7) is 2.54. The summed E-state index contributed by atoms with van der Waals surface area (Å²) in [6.07, 6.45) is 4.77. The van der Waals surface area contributed by atoms with Crippen LogP contribution in [-0.4, -0.2) is 38.9 Å². The molecule has 3 N–H and O–H groups in total. The molecule has 0 radical (unpaired) electrons. The monoisotopic (exact) mass is 235 g/mol. The molecule has 0 atom stereocenters. The minimum absolute atomic E-state index is 0.527. The molecule has 5 nitrogen and oxygen atoms in total. The molecule has 1 aliphatic rings. The van der Waals surface area contributed by atoms with Crippen molar-refractivity contribution in [2.45, 2.75) is 32.1 Å². The highest BCUT2D eigenvalue weighted by Gasteiger charge is 2.24. The molecule has 90 valence electrons. The summed E-state index contributed by atoms with van der Waals surface area (Å²) < 4.78 is 27.5. The average Bonchev–Trinajstić information content (AvgIpc) is 2.70. The first kappa shape index (κ1) is 12.9. The molecule has 0 bridgehead atoms. The van der Waals surface area contributed by atoms with Crippen LogP contribution in [0.15, 0.2) is 0 Å². The van der Waals surface area contributed by atoms with Gasteiger partial charge in [0.05, 0.1) is 0 Å². The lowest BCUT2D eigenvalue weighted by atomic mass is 10.2. The molecule has 6 heteroatoms. The summed E-state index contributed by atoms with van der Waals surface area (Å²) in [6, 6.07) is 0. The number of nitrogens with one attached hydrogen (secondary N) is 1. The van der Waals surface area contributed by atoms with Crippen LogP contribution >= 0.6 is 0 Å². The van der Waals surface area contributed by atoms with Gasteiger partial charge in [0, 0.05) is 19.6 Å². The number of unbranched alkanes of at least 4 members (excludes halogenated alkanes) is 2. The van der Waals surface area contributed by atoms with Crippen molar-refractivity contribution in [3.05, 3.63) is 0 Å². The number of nitrogens with zero attached hydrogens (tertiary/aromatic N) is 1. The molecule has 15 heavy (non-hydrogen) atoms. The van der Waals surface area contributed by atoms with Crippen LogP contribution in [-0.2, 0) is 10.2 Å². The summed E-state index contributed by atoms with van der Waals surface area (Å²) in [5.74, 6) is 0. The van der Waals surface area contributed by atoms with Crippen molar-refractivity contribution in [3.63, 3.8) is 0 Å². The quantitative estimate of drug-likeness (QED) is 0.612. The first-order chi connectivity index (χ1) is 7.17. The van der Waals surface area contributed by atoms with Gasteiger partial charge in [-0.3, -0.25) is 0 Å². The van der Waals surface area contributed by atoms with Crippen LogP contribution in [0, 0.1) is 0 Å². The second kappa shape index (κ2) is 6.42. The first-order valence-corrected chi connectivity index (χ1v) is 7.05. The number of hydrogen-bond donors (Lipinski definition) is 2. The van der Waals surface area contributed by atoms with Crippen LogP contribution in [0.5, 0.6) is 0 Å². The van der Waals surface area contributed by atoms with E-state index >= 15 is 0 Å². The van der Waals surface area contributed by atoms with Crippen LogP contribution in [0.4, 0.5) is 0 Å². The zero-order chi connectivity index (χ0) is 11.1. The Morgan fingerprint density at radius 3 is 2.40 bits per heavy atom. The highest BCUT2D eigenvalue weighted by molar-refractivity contribution is 7.87. The summed E-state index contributed by atoms with van der Waals surface area (Å²) in [4.78, 5) is 0. The van der Waals surface area contributed by atoms with E-state index in [-0.39, 0.29) is 0 Å². The number of rotatable bonds is 7. The molecule has 1 rings (SSSR count). The molecule has 0 saturated carbocycles. The highest BCUT2D eigenvalue weighted by atomic mass is 32.2.